The molecule has 0 radical (unpaired) electrons. The zero-order valence-electron chi connectivity index (χ0n) is 15.5. The second-order valence-corrected chi connectivity index (χ2v) is 6.26. The Morgan fingerprint density at radius 1 is 1.18 bits per heavy atom. The molecule has 0 atom stereocenters. The number of para-hydroxylation sites is 1. The van der Waals surface area contributed by atoms with Gasteiger partial charge in [-0.15, -0.1) is 0 Å². The van der Waals surface area contributed by atoms with Crippen LogP contribution in [0.4, 0.5) is 16.2 Å². The smallest absolute Gasteiger partial charge is 0.452 e. The molecule has 0 saturated carbocycles. The summed E-state index contributed by atoms with van der Waals surface area (Å²) in [6.45, 7) is 3.60. The Morgan fingerprint density at radius 3 is 2.57 bits per heavy atom. The van der Waals surface area contributed by atoms with Crippen molar-refractivity contribution in [2.24, 2.45) is 16.1 Å². The molecule has 28 heavy (non-hydrogen) atoms. The van der Waals surface area contributed by atoms with Crippen LogP contribution in [0.2, 0.25) is 0 Å². The monoisotopic (exact) mass is 390 g/mol. The number of aromatic nitrogens is 1. The first-order valence-corrected chi connectivity index (χ1v) is 8.54. The van der Waals surface area contributed by atoms with Gasteiger partial charge in [0, 0.05) is 6.07 Å². The first-order chi connectivity index (χ1) is 13.3. The number of anilines is 2. The number of nitrogens with one attached hydrogen (secondary N) is 1. The number of carbonyl (C=O) groups excluding carboxylic acids is 2. The van der Waals surface area contributed by atoms with Crippen molar-refractivity contribution >= 4 is 23.4 Å². The molecule has 0 saturated heterocycles. The zero-order chi connectivity index (χ0) is 20.7. The Morgan fingerprint density at radius 2 is 1.89 bits per heavy atom. The number of nitrogens with zero attached hydrogens (tertiary/aromatic N) is 3. The summed E-state index contributed by atoms with van der Waals surface area (Å²) in [6.07, 6.45) is -0.962. The van der Waals surface area contributed by atoms with Crippen LogP contribution in [0.3, 0.4) is 0 Å². The van der Waals surface area contributed by atoms with Crippen LogP contribution >= 0.6 is 0 Å². The Labute approximate surface area is 161 Å². The van der Waals surface area contributed by atoms with Crippen LogP contribution in [0.5, 0.6) is 11.8 Å². The van der Waals surface area contributed by atoms with Crippen LogP contribution in [0.25, 0.3) is 0 Å². The van der Waals surface area contributed by atoms with Gasteiger partial charge in [0.1, 0.15) is 5.69 Å². The number of ether oxygens (including phenoxy) is 1. The number of amides is 2. The zero-order valence-corrected chi connectivity index (χ0v) is 15.5. The number of aromatic hydroxyl groups is 2. The topological polar surface area (TPSA) is 146 Å². The number of aliphatic hydroxyl groups is 1. The molecular formula is C18H22N4O6. The second kappa shape index (κ2) is 9.51. The summed E-state index contributed by atoms with van der Waals surface area (Å²) in [5.41, 5.74) is 0.495. The van der Waals surface area contributed by atoms with Gasteiger partial charge in [-0.3, -0.25) is 9.36 Å². The van der Waals surface area contributed by atoms with Crippen LogP contribution in [0.15, 0.2) is 40.6 Å². The van der Waals surface area contributed by atoms with Crippen LogP contribution in [0.1, 0.15) is 24.2 Å². The van der Waals surface area contributed by atoms with Gasteiger partial charge >= 0.3 is 6.09 Å². The maximum atomic E-state index is 12.3. The van der Waals surface area contributed by atoms with Crippen molar-refractivity contribution in [2.45, 2.75) is 20.4 Å². The average molecular weight is 390 g/mol. The minimum Gasteiger partial charge on any atom is -0.494 e. The van der Waals surface area contributed by atoms with Gasteiger partial charge < -0.3 is 25.4 Å². The fraction of sp³-hybridized carbons (Fsp3) is 0.333. The molecule has 1 aromatic carbocycles. The molecule has 10 nitrogen and oxygen atoms in total. The fourth-order valence-electron chi connectivity index (χ4n) is 2.27. The van der Waals surface area contributed by atoms with Gasteiger partial charge in [0.15, 0.2) is 5.88 Å². The molecular weight excluding hydrogens is 368 g/mol. The molecule has 0 bridgehead atoms. The summed E-state index contributed by atoms with van der Waals surface area (Å²) in [7, 11) is 0. The van der Waals surface area contributed by atoms with Gasteiger partial charge in [-0.2, -0.15) is 0 Å². The summed E-state index contributed by atoms with van der Waals surface area (Å²) in [6, 6.07) is 7.51. The van der Waals surface area contributed by atoms with Gasteiger partial charge in [0.05, 0.1) is 31.0 Å². The third kappa shape index (κ3) is 5.30. The Hall–Kier alpha value is -3.40. The molecule has 0 unspecified atom stereocenters. The highest BCUT2D eigenvalue weighted by Gasteiger charge is 2.17. The van der Waals surface area contributed by atoms with E-state index in [4.69, 9.17) is 9.84 Å². The molecule has 10 heteroatoms. The van der Waals surface area contributed by atoms with Gasteiger partial charge in [-0.25, -0.2) is 4.79 Å². The second-order valence-electron chi connectivity index (χ2n) is 6.26. The highest BCUT2D eigenvalue weighted by atomic mass is 16.5. The van der Waals surface area contributed by atoms with E-state index in [1.165, 1.54) is 12.1 Å². The minimum absolute atomic E-state index is 0.00732. The molecule has 0 spiro atoms. The van der Waals surface area contributed by atoms with Crippen LogP contribution < -0.4 is 5.32 Å². The van der Waals surface area contributed by atoms with Crippen molar-refractivity contribution in [3.8, 4) is 11.8 Å². The van der Waals surface area contributed by atoms with E-state index in [0.29, 0.717) is 0 Å². The number of hydrogen-bond donors (Lipinski definition) is 4. The predicted octanol–water partition coefficient (Wildman–Crippen LogP) is 3.02. The van der Waals surface area contributed by atoms with E-state index in [9.17, 15) is 19.8 Å². The highest BCUT2D eigenvalue weighted by Crippen LogP contribution is 2.35. The number of hydrogen-bond acceptors (Lipinski definition) is 7. The highest BCUT2D eigenvalue weighted by molar-refractivity contribution is 6.01. The largest absolute Gasteiger partial charge is 0.494 e. The van der Waals surface area contributed by atoms with Gasteiger partial charge in [-0.05, 0) is 18.1 Å². The Bertz CT molecular complexity index is 875. The van der Waals surface area contributed by atoms with E-state index in [0.717, 1.165) is 4.57 Å². The number of azo groups is 1. The molecule has 2 amide bonds. The van der Waals surface area contributed by atoms with Crippen molar-refractivity contribution in [1.29, 1.82) is 0 Å². The van der Waals surface area contributed by atoms with Crippen molar-refractivity contribution in [1.82, 2.24) is 4.57 Å². The lowest BCUT2D eigenvalue weighted by atomic mass is 10.1. The third-order valence-corrected chi connectivity index (χ3v) is 3.56. The molecule has 0 fully saturated rings. The molecule has 0 aliphatic heterocycles. The first-order valence-electron chi connectivity index (χ1n) is 8.54. The average Bonchev–Trinajstić information content (AvgIpc) is 2.92. The fourth-order valence-corrected chi connectivity index (χ4v) is 2.27. The van der Waals surface area contributed by atoms with Crippen molar-refractivity contribution in [3.63, 3.8) is 0 Å². The molecule has 0 aliphatic rings. The van der Waals surface area contributed by atoms with E-state index < -0.39 is 12.0 Å². The van der Waals surface area contributed by atoms with Crippen molar-refractivity contribution in [3.05, 3.63) is 35.9 Å². The molecule has 1 aromatic heterocycles. The lowest BCUT2D eigenvalue weighted by Crippen LogP contribution is -2.07. The van der Waals surface area contributed by atoms with Gasteiger partial charge in [0.25, 0.3) is 5.91 Å². The minimum atomic E-state index is -0.962. The summed E-state index contributed by atoms with van der Waals surface area (Å²) in [5.74, 6) is -1.23. The normalized spacial score (nSPS) is 11.1. The lowest BCUT2D eigenvalue weighted by Gasteiger charge is -2.09. The standard InChI is InChI=1S/C18H22N4O6/c1-11(2)10-28-18(27)21-20-16(25)12-5-3-4-6-13(12)19-14-9-15(24)22(7-8-23)17(14)26/h3-6,9,11,19,23-24,26H,7-8,10H2,1-2H3. The quantitative estimate of drug-likeness (QED) is 0.532. The van der Waals surface area contributed by atoms with Crippen LogP contribution in [0, 0.1) is 5.92 Å². The summed E-state index contributed by atoms with van der Waals surface area (Å²) < 4.78 is 5.91. The number of aliphatic hydroxyl groups excluding tert-OH is 1. The van der Waals surface area contributed by atoms with E-state index in [1.54, 1.807) is 18.2 Å². The molecule has 1 heterocycles. The number of benzene rings is 1. The van der Waals surface area contributed by atoms with E-state index in [2.05, 4.69) is 15.5 Å². The number of carbonyl (C=O) groups is 2. The Balaban J connectivity index is 2.18. The molecule has 150 valence electrons. The van der Waals surface area contributed by atoms with Crippen LogP contribution in [-0.4, -0.2) is 45.1 Å². The van der Waals surface area contributed by atoms with Gasteiger partial charge in [-0.1, -0.05) is 36.2 Å². The van der Waals surface area contributed by atoms with E-state index in [-0.39, 0.29) is 54.4 Å². The third-order valence-electron chi connectivity index (χ3n) is 3.56. The lowest BCUT2D eigenvalue weighted by molar-refractivity contribution is 0.0986. The van der Waals surface area contributed by atoms with E-state index in [1.807, 2.05) is 13.8 Å². The molecule has 2 rings (SSSR count). The maximum absolute atomic E-state index is 12.3. The summed E-state index contributed by atoms with van der Waals surface area (Å²) in [5, 5.41) is 38.4. The predicted molar refractivity (Wildman–Crippen MR) is 99.9 cm³/mol. The van der Waals surface area contributed by atoms with Crippen molar-refractivity contribution in [2.75, 3.05) is 18.5 Å². The molecule has 0 aliphatic carbocycles. The summed E-state index contributed by atoms with van der Waals surface area (Å²) in [4.78, 5) is 23.8. The van der Waals surface area contributed by atoms with E-state index >= 15 is 0 Å². The first kappa shape index (κ1) is 20.9. The summed E-state index contributed by atoms with van der Waals surface area (Å²) >= 11 is 0. The SMILES string of the molecule is CC(C)COC(=O)N=NC(=O)c1ccccc1Nc1cc(O)n(CCO)c1O. The molecule has 2 aromatic rings. The number of rotatable bonds is 7. The maximum Gasteiger partial charge on any atom is 0.452 e. The Kier molecular flexibility index (Phi) is 7.10. The van der Waals surface area contributed by atoms with Crippen LogP contribution in [-0.2, 0) is 11.3 Å². The van der Waals surface area contributed by atoms with Gasteiger partial charge in [0.2, 0.25) is 5.88 Å². The molecule has 4 N–H and O–H groups in total. The van der Waals surface area contributed by atoms with Crippen molar-refractivity contribution < 1.29 is 29.6 Å².